The van der Waals surface area contributed by atoms with Crippen molar-refractivity contribution < 1.29 is 14.7 Å². The first-order chi connectivity index (χ1) is 5.93. The van der Waals surface area contributed by atoms with Crippen LogP contribution in [-0.4, -0.2) is 11.7 Å². The Labute approximate surface area is 70.5 Å². The van der Waals surface area contributed by atoms with E-state index in [-0.39, 0.29) is 0 Å². The van der Waals surface area contributed by atoms with E-state index in [4.69, 9.17) is 5.21 Å². The van der Waals surface area contributed by atoms with Crippen molar-refractivity contribution in [2.45, 2.75) is 6.61 Å². The molecule has 0 saturated carbocycles. The average Bonchev–Trinajstić information content (AvgIpc) is 2.19. The summed E-state index contributed by atoms with van der Waals surface area (Å²) in [4.78, 5) is 9.76. The highest BCUT2D eigenvalue weighted by Gasteiger charge is 1.87. The van der Waals surface area contributed by atoms with Gasteiger partial charge in [-0.15, -0.1) is 0 Å². The molecule has 0 bridgehead atoms. The fraction of sp³-hybridized carbons (Fsp3) is 0.125. The Morgan fingerprint density at radius 2 is 1.92 bits per heavy atom. The van der Waals surface area contributed by atoms with Gasteiger partial charge in [-0.25, -0.2) is 5.90 Å². The Morgan fingerprint density at radius 3 is 2.42 bits per heavy atom. The lowest BCUT2D eigenvalue weighted by Crippen LogP contribution is -1.88. The van der Waals surface area contributed by atoms with Crippen molar-refractivity contribution in [3.05, 3.63) is 35.9 Å². The summed E-state index contributed by atoms with van der Waals surface area (Å²) in [6, 6.07) is 9.55. The van der Waals surface area contributed by atoms with Crippen molar-refractivity contribution in [2.75, 3.05) is 0 Å². The number of benzene rings is 1. The Morgan fingerprint density at radius 1 is 1.33 bits per heavy atom. The molecule has 0 aliphatic rings. The molecule has 1 aromatic carbocycles. The lowest BCUT2D eigenvalue weighted by atomic mass is 10.2. The second-order valence-corrected chi connectivity index (χ2v) is 1.89. The highest BCUT2D eigenvalue weighted by Crippen LogP contribution is 1.98. The number of ether oxygens (including phenoxy) is 1. The third-order valence-electron chi connectivity index (χ3n) is 1.16. The predicted octanol–water partition coefficient (Wildman–Crippen LogP) is 0.694. The van der Waals surface area contributed by atoms with Crippen molar-refractivity contribution >= 4 is 6.47 Å². The molecule has 0 aliphatic heterocycles. The number of carbonyl (C=O) groups excluding carboxylic acids is 1. The molecule has 0 fully saturated rings. The minimum absolute atomic E-state index is 0.365. The summed E-state index contributed by atoms with van der Waals surface area (Å²) in [5, 5.41) is 6.50. The van der Waals surface area contributed by atoms with E-state index in [9.17, 15) is 4.79 Å². The molecule has 0 amide bonds. The summed E-state index contributed by atoms with van der Waals surface area (Å²) >= 11 is 0. The van der Waals surface area contributed by atoms with E-state index in [1.807, 2.05) is 30.3 Å². The van der Waals surface area contributed by atoms with Crippen LogP contribution >= 0.6 is 0 Å². The Hall–Kier alpha value is -1.39. The van der Waals surface area contributed by atoms with Crippen molar-refractivity contribution in [3.8, 4) is 0 Å². The maximum atomic E-state index is 9.76. The van der Waals surface area contributed by atoms with E-state index in [2.05, 4.69) is 10.6 Å². The van der Waals surface area contributed by atoms with Crippen molar-refractivity contribution in [1.82, 2.24) is 0 Å². The zero-order valence-electron chi connectivity index (χ0n) is 6.51. The van der Waals surface area contributed by atoms with E-state index in [0.717, 1.165) is 5.56 Å². The molecule has 66 valence electrons. The minimum atomic E-state index is 0.365. The molecule has 0 aliphatic carbocycles. The number of hydrogen-bond donors (Lipinski definition) is 2. The van der Waals surface area contributed by atoms with E-state index < -0.39 is 0 Å². The molecule has 0 saturated heterocycles. The molecule has 4 heteroatoms. The van der Waals surface area contributed by atoms with Crippen LogP contribution in [0.15, 0.2) is 30.3 Å². The number of carbonyl (C=O) groups is 1. The Balaban J connectivity index is 0.000000561. The fourth-order valence-corrected chi connectivity index (χ4v) is 0.704. The molecule has 0 spiro atoms. The summed E-state index contributed by atoms with van der Waals surface area (Å²) in [7, 11) is 0. The molecule has 0 atom stereocenters. The summed E-state index contributed by atoms with van der Waals surface area (Å²) in [5.74, 6) is 3.50. The van der Waals surface area contributed by atoms with Crippen LogP contribution < -0.4 is 5.90 Å². The molecule has 0 radical (unpaired) electrons. The first-order valence-corrected chi connectivity index (χ1v) is 3.28. The molecular weight excluding hydrogens is 158 g/mol. The molecule has 3 N–H and O–H groups in total. The third-order valence-corrected chi connectivity index (χ3v) is 1.16. The zero-order valence-corrected chi connectivity index (χ0v) is 6.51. The minimum Gasteiger partial charge on any atom is -0.463 e. The van der Waals surface area contributed by atoms with Gasteiger partial charge in [0.05, 0.1) is 0 Å². The van der Waals surface area contributed by atoms with Crippen LogP contribution in [-0.2, 0) is 16.1 Å². The summed E-state index contributed by atoms with van der Waals surface area (Å²) in [6.07, 6.45) is 0. The highest BCUT2D eigenvalue weighted by molar-refractivity contribution is 5.37. The monoisotopic (exact) mass is 169 g/mol. The molecular formula is C8H11NO3. The van der Waals surface area contributed by atoms with Crippen molar-refractivity contribution in [1.29, 1.82) is 0 Å². The average molecular weight is 169 g/mol. The SMILES string of the molecule is NO.O=COCc1ccccc1. The maximum Gasteiger partial charge on any atom is 0.293 e. The van der Waals surface area contributed by atoms with Gasteiger partial charge in [-0.1, -0.05) is 30.3 Å². The highest BCUT2D eigenvalue weighted by atomic mass is 16.5. The van der Waals surface area contributed by atoms with E-state index in [0.29, 0.717) is 13.1 Å². The lowest BCUT2D eigenvalue weighted by molar-refractivity contribution is -0.129. The Kier molecular flexibility index (Phi) is 6.82. The van der Waals surface area contributed by atoms with Crippen LogP contribution in [0.4, 0.5) is 0 Å². The second kappa shape index (κ2) is 7.71. The summed E-state index contributed by atoms with van der Waals surface area (Å²) < 4.78 is 4.54. The van der Waals surface area contributed by atoms with E-state index >= 15 is 0 Å². The first kappa shape index (κ1) is 10.6. The largest absolute Gasteiger partial charge is 0.463 e. The molecule has 0 heterocycles. The standard InChI is InChI=1S/C8H8O2.H3NO/c9-7-10-6-8-4-2-1-3-5-8;1-2/h1-5,7H,6H2;2H,1H2. The quantitative estimate of drug-likeness (QED) is 0.516. The van der Waals surface area contributed by atoms with Crippen LogP contribution in [0, 0.1) is 0 Å². The smallest absolute Gasteiger partial charge is 0.293 e. The number of nitrogens with two attached hydrogens (primary N) is 1. The van der Waals surface area contributed by atoms with Crippen LogP contribution in [0.5, 0.6) is 0 Å². The zero-order chi connectivity index (χ0) is 9.23. The topological polar surface area (TPSA) is 72.5 Å². The molecule has 1 aromatic rings. The molecule has 1 rings (SSSR count). The van der Waals surface area contributed by atoms with Gasteiger partial charge < -0.3 is 9.94 Å². The second-order valence-electron chi connectivity index (χ2n) is 1.89. The summed E-state index contributed by atoms with van der Waals surface area (Å²) in [6.45, 7) is 0.817. The maximum absolute atomic E-state index is 9.76. The lowest BCUT2D eigenvalue weighted by Gasteiger charge is -1.95. The Bertz CT molecular complexity index is 201. The molecule has 0 unspecified atom stereocenters. The van der Waals surface area contributed by atoms with Gasteiger partial charge in [-0.05, 0) is 5.56 Å². The third kappa shape index (κ3) is 4.43. The van der Waals surface area contributed by atoms with Gasteiger partial charge in [-0.3, -0.25) is 4.79 Å². The van der Waals surface area contributed by atoms with Crippen LogP contribution in [0.1, 0.15) is 5.56 Å². The van der Waals surface area contributed by atoms with Crippen molar-refractivity contribution in [2.24, 2.45) is 5.90 Å². The van der Waals surface area contributed by atoms with Crippen LogP contribution in [0.2, 0.25) is 0 Å². The molecule has 4 nitrogen and oxygen atoms in total. The van der Waals surface area contributed by atoms with Gasteiger partial charge in [0.15, 0.2) is 0 Å². The van der Waals surface area contributed by atoms with Gasteiger partial charge in [-0.2, -0.15) is 0 Å². The molecule has 12 heavy (non-hydrogen) atoms. The number of rotatable bonds is 3. The number of hydrogen-bond acceptors (Lipinski definition) is 4. The van der Waals surface area contributed by atoms with Gasteiger partial charge >= 0.3 is 0 Å². The normalized spacial score (nSPS) is 7.83. The van der Waals surface area contributed by atoms with Crippen molar-refractivity contribution in [3.63, 3.8) is 0 Å². The van der Waals surface area contributed by atoms with Gasteiger partial charge in [0.1, 0.15) is 6.61 Å². The molecule has 0 aromatic heterocycles. The first-order valence-electron chi connectivity index (χ1n) is 3.28. The summed E-state index contributed by atoms with van der Waals surface area (Å²) in [5.41, 5.74) is 1.01. The van der Waals surface area contributed by atoms with Crippen LogP contribution in [0.3, 0.4) is 0 Å². The predicted molar refractivity (Wildman–Crippen MR) is 43.3 cm³/mol. The van der Waals surface area contributed by atoms with Gasteiger partial charge in [0.2, 0.25) is 0 Å². The van der Waals surface area contributed by atoms with Crippen LogP contribution in [0.25, 0.3) is 0 Å². The fourth-order valence-electron chi connectivity index (χ4n) is 0.704. The van der Waals surface area contributed by atoms with E-state index in [1.165, 1.54) is 0 Å². The van der Waals surface area contributed by atoms with E-state index in [1.54, 1.807) is 0 Å². The van der Waals surface area contributed by atoms with Gasteiger partial charge in [0.25, 0.3) is 6.47 Å². The van der Waals surface area contributed by atoms with Gasteiger partial charge in [0, 0.05) is 0 Å².